The fraction of sp³-hybridized carbons (Fsp3) is 0. The van der Waals surface area contributed by atoms with Gasteiger partial charge in [0, 0.05) is 36.9 Å². The van der Waals surface area contributed by atoms with Crippen LogP contribution < -0.4 is 4.90 Å². The third-order valence-electron chi connectivity index (χ3n) is 10.8. The largest absolute Gasteiger partial charge is 0.456 e. The molecule has 0 unspecified atom stereocenters. The van der Waals surface area contributed by atoms with Gasteiger partial charge in [-0.05, 0) is 111 Å². The van der Waals surface area contributed by atoms with Crippen LogP contribution in [0, 0.1) is 0 Å². The zero-order valence-electron chi connectivity index (χ0n) is 29.8. The van der Waals surface area contributed by atoms with Gasteiger partial charge in [0.25, 0.3) is 0 Å². The van der Waals surface area contributed by atoms with Crippen molar-refractivity contribution in [3.05, 3.63) is 200 Å². The summed E-state index contributed by atoms with van der Waals surface area (Å²) < 4.78 is 8.95. The van der Waals surface area contributed by atoms with Crippen LogP contribution in [0.3, 0.4) is 0 Å². The highest BCUT2D eigenvalue weighted by molar-refractivity contribution is 7.25. The van der Waals surface area contributed by atoms with E-state index < -0.39 is 0 Å². The molecule has 11 rings (SSSR count). The molecule has 2 aromatic heterocycles. The van der Waals surface area contributed by atoms with Crippen molar-refractivity contribution >= 4 is 81.3 Å². The minimum atomic E-state index is 0.879. The molecule has 0 N–H and O–H groups in total. The van der Waals surface area contributed by atoms with Gasteiger partial charge in [-0.3, -0.25) is 0 Å². The summed E-state index contributed by atoms with van der Waals surface area (Å²) in [4.78, 5) is 2.38. The molecule has 2 heterocycles. The van der Waals surface area contributed by atoms with Gasteiger partial charge in [0.1, 0.15) is 11.2 Å². The molecule has 0 aliphatic carbocycles. The molecule has 11 aromatic rings. The zero-order chi connectivity index (χ0) is 36.3. The molecule has 2 nitrogen and oxygen atoms in total. The standard InChI is InChI=1S/C52H33NOS/c1-2-11-36-31-41(23-22-34(36)10-1)40-15-8-14-39(32-40)38-13-7-12-37(30-38)35-24-26-42(27-25-35)53(43-28-29-45-44-16-4-6-21-50(44)55-51(45)33-43)47-18-9-20-49-52(47)46-17-3-5-19-48(46)54-49/h1-33H. The smallest absolute Gasteiger partial charge is 0.137 e. The van der Waals surface area contributed by atoms with E-state index in [1.807, 2.05) is 17.4 Å². The van der Waals surface area contributed by atoms with Crippen molar-refractivity contribution < 1.29 is 4.42 Å². The number of anilines is 3. The number of furan rings is 1. The lowest BCUT2D eigenvalue weighted by Crippen LogP contribution is -2.10. The highest BCUT2D eigenvalue weighted by Gasteiger charge is 2.20. The predicted molar refractivity (Wildman–Crippen MR) is 235 cm³/mol. The number of hydrogen-bond acceptors (Lipinski definition) is 3. The van der Waals surface area contributed by atoms with Gasteiger partial charge < -0.3 is 9.32 Å². The Bertz CT molecular complexity index is 3220. The minimum absolute atomic E-state index is 0.879. The van der Waals surface area contributed by atoms with Gasteiger partial charge in [0.15, 0.2) is 0 Å². The monoisotopic (exact) mass is 719 g/mol. The average Bonchev–Trinajstić information content (AvgIpc) is 3.82. The number of thiophene rings is 1. The second-order valence-electron chi connectivity index (χ2n) is 14.1. The normalized spacial score (nSPS) is 11.6. The molecular weight excluding hydrogens is 687 g/mol. The first kappa shape index (κ1) is 31.6. The molecule has 0 saturated carbocycles. The van der Waals surface area contributed by atoms with Crippen LogP contribution in [-0.2, 0) is 0 Å². The van der Waals surface area contributed by atoms with Crippen molar-refractivity contribution in [3.63, 3.8) is 0 Å². The summed E-state index contributed by atoms with van der Waals surface area (Å²) >= 11 is 1.85. The number of fused-ring (bicyclic) bond motifs is 7. The van der Waals surface area contributed by atoms with Gasteiger partial charge in [-0.2, -0.15) is 0 Å². The summed E-state index contributed by atoms with van der Waals surface area (Å²) in [6.07, 6.45) is 0. The van der Waals surface area contributed by atoms with Crippen molar-refractivity contribution in [1.82, 2.24) is 0 Å². The van der Waals surface area contributed by atoms with E-state index in [1.165, 1.54) is 64.3 Å². The molecule has 0 atom stereocenters. The quantitative estimate of drug-likeness (QED) is 0.170. The lowest BCUT2D eigenvalue weighted by Gasteiger charge is -2.26. The number of nitrogens with zero attached hydrogens (tertiary/aromatic N) is 1. The Labute approximate surface area is 322 Å². The second kappa shape index (κ2) is 12.9. The summed E-state index contributed by atoms with van der Waals surface area (Å²) in [5.74, 6) is 0. The second-order valence-corrected chi connectivity index (χ2v) is 15.2. The molecule has 3 heteroatoms. The highest BCUT2D eigenvalue weighted by Crippen LogP contribution is 2.45. The molecule has 258 valence electrons. The number of para-hydroxylation sites is 1. The van der Waals surface area contributed by atoms with Crippen molar-refractivity contribution in [1.29, 1.82) is 0 Å². The van der Waals surface area contributed by atoms with E-state index in [0.717, 1.165) is 39.0 Å². The lowest BCUT2D eigenvalue weighted by molar-refractivity contribution is 0.669. The Morgan fingerprint density at radius 1 is 0.345 bits per heavy atom. The number of rotatable bonds is 6. The maximum Gasteiger partial charge on any atom is 0.137 e. The Hall–Kier alpha value is -6.94. The van der Waals surface area contributed by atoms with Gasteiger partial charge in [0.05, 0.1) is 11.1 Å². The molecule has 0 radical (unpaired) electrons. The SMILES string of the molecule is c1cc(-c2ccc(N(c3ccc4c(c3)sc3ccccc34)c3cccc4oc5ccccc5c34)cc2)cc(-c2cccc(-c3ccc4ccccc4c3)c2)c1. The Kier molecular flexibility index (Phi) is 7.39. The van der Waals surface area contributed by atoms with Crippen LogP contribution >= 0.6 is 11.3 Å². The van der Waals surface area contributed by atoms with E-state index in [4.69, 9.17) is 4.42 Å². The molecule has 0 aliphatic rings. The van der Waals surface area contributed by atoms with E-state index in [2.05, 4.69) is 199 Å². The number of hydrogen-bond donors (Lipinski definition) is 0. The van der Waals surface area contributed by atoms with E-state index in [9.17, 15) is 0 Å². The van der Waals surface area contributed by atoms with Gasteiger partial charge in [-0.15, -0.1) is 11.3 Å². The average molecular weight is 720 g/mol. The molecule has 55 heavy (non-hydrogen) atoms. The Morgan fingerprint density at radius 2 is 0.927 bits per heavy atom. The summed E-state index contributed by atoms with van der Waals surface area (Å²) in [6, 6.07) is 72.3. The molecular formula is C52H33NOS. The minimum Gasteiger partial charge on any atom is -0.456 e. The summed E-state index contributed by atoms with van der Waals surface area (Å²) in [7, 11) is 0. The third-order valence-corrected chi connectivity index (χ3v) is 12.0. The Balaban J connectivity index is 0.993. The van der Waals surface area contributed by atoms with E-state index in [1.54, 1.807) is 0 Å². The Morgan fingerprint density at radius 3 is 1.73 bits per heavy atom. The van der Waals surface area contributed by atoms with Crippen LogP contribution in [-0.4, -0.2) is 0 Å². The van der Waals surface area contributed by atoms with Gasteiger partial charge in [-0.1, -0.05) is 133 Å². The molecule has 9 aromatic carbocycles. The maximum absolute atomic E-state index is 6.37. The van der Waals surface area contributed by atoms with Crippen LogP contribution in [0.5, 0.6) is 0 Å². The third kappa shape index (κ3) is 5.48. The fourth-order valence-electron chi connectivity index (χ4n) is 8.15. The van der Waals surface area contributed by atoms with Crippen LogP contribution in [0.15, 0.2) is 205 Å². The van der Waals surface area contributed by atoms with Gasteiger partial charge in [-0.25, -0.2) is 0 Å². The van der Waals surface area contributed by atoms with Crippen molar-refractivity contribution in [2.24, 2.45) is 0 Å². The molecule has 0 amide bonds. The van der Waals surface area contributed by atoms with Gasteiger partial charge in [0.2, 0.25) is 0 Å². The maximum atomic E-state index is 6.37. The van der Waals surface area contributed by atoms with Crippen molar-refractivity contribution in [2.45, 2.75) is 0 Å². The van der Waals surface area contributed by atoms with Crippen LogP contribution in [0.2, 0.25) is 0 Å². The van der Waals surface area contributed by atoms with Crippen molar-refractivity contribution in [3.8, 4) is 33.4 Å². The first-order valence-corrected chi connectivity index (χ1v) is 19.5. The van der Waals surface area contributed by atoms with E-state index in [0.29, 0.717) is 0 Å². The molecule has 0 bridgehead atoms. The summed E-state index contributed by atoms with van der Waals surface area (Å²) in [5.41, 5.74) is 12.2. The molecule has 0 aliphatic heterocycles. The van der Waals surface area contributed by atoms with Gasteiger partial charge >= 0.3 is 0 Å². The zero-order valence-corrected chi connectivity index (χ0v) is 30.6. The van der Waals surface area contributed by atoms with E-state index >= 15 is 0 Å². The van der Waals surface area contributed by atoms with Crippen LogP contribution in [0.4, 0.5) is 17.1 Å². The van der Waals surface area contributed by atoms with E-state index in [-0.39, 0.29) is 0 Å². The number of benzene rings is 9. The van der Waals surface area contributed by atoms with Crippen molar-refractivity contribution in [2.75, 3.05) is 4.90 Å². The lowest BCUT2D eigenvalue weighted by atomic mass is 9.95. The van der Waals surface area contributed by atoms with Crippen LogP contribution in [0.1, 0.15) is 0 Å². The summed E-state index contributed by atoms with van der Waals surface area (Å²) in [5, 5.41) is 7.32. The predicted octanol–water partition coefficient (Wildman–Crippen LogP) is 15.6. The molecule has 0 saturated heterocycles. The molecule has 0 spiro atoms. The molecule has 0 fully saturated rings. The fourth-order valence-corrected chi connectivity index (χ4v) is 9.29. The first-order valence-electron chi connectivity index (χ1n) is 18.7. The summed E-state index contributed by atoms with van der Waals surface area (Å²) in [6.45, 7) is 0. The highest BCUT2D eigenvalue weighted by atomic mass is 32.1. The van der Waals surface area contributed by atoms with Crippen LogP contribution in [0.25, 0.3) is 86.3 Å². The first-order chi connectivity index (χ1) is 27.2. The topological polar surface area (TPSA) is 16.4 Å².